The van der Waals surface area contributed by atoms with E-state index in [0.29, 0.717) is 13.2 Å². The van der Waals surface area contributed by atoms with E-state index in [0.717, 1.165) is 5.56 Å². The van der Waals surface area contributed by atoms with Crippen LogP contribution in [0.4, 0.5) is 4.39 Å². The van der Waals surface area contributed by atoms with E-state index < -0.39 is 10.2 Å². The Hall–Kier alpha value is -1.02. The molecule has 0 N–H and O–H groups in total. The lowest BCUT2D eigenvalue weighted by molar-refractivity contribution is -0.00389. The van der Waals surface area contributed by atoms with Crippen LogP contribution in [0.3, 0.4) is 0 Å². The van der Waals surface area contributed by atoms with Crippen LogP contribution >= 0.6 is 0 Å². The molecule has 1 heterocycles. The largest absolute Gasteiger partial charge is 0.371 e. The molecule has 1 aliphatic rings. The number of nitrogens with zero attached hydrogens (tertiary/aromatic N) is 2. The summed E-state index contributed by atoms with van der Waals surface area (Å²) in [4.78, 5) is 0. The third kappa shape index (κ3) is 3.11. The van der Waals surface area contributed by atoms with Gasteiger partial charge in [0.25, 0.3) is 10.2 Å². The van der Waals surface area contributed by atoms with Crippen molar-refractivity contribution >= 4 is 10.2 Å². The highest BCUT2D eigenvalue weighted by molar-refractivity contribution is 7.86. The highest BCUT2D eigenvalue weighted by Crippen LogP contribution is 2.24. The van der Waals surface area contributed by atoms with Gasteiger partial charge in [0.2, 0.25) is 0 Å². The van der Waals surface area contributed by atoms with Crippen LogP contribution in [-0.4, -0.2) is 50.8 Å². The van der Waals surface area contributed by atoms with Gasteiger partial charge in [-0.1, -0.05) is 12.1 Å². The molecule has 1 atom stereocenters. The average Bonchev–Trinajstić information content (AvgIpc) is 2.39. The third-order valence-corrected chi connectivity index (χ3v) is 4.97. The van der Waals surface area contributed by atoms with Crippen LogP contribution < -0.4 is 0 Å². The van der Waals surface area contributed by atoms with Gasteiger partial charge in [-0.25, -0.2) is 4.39 Å². The molecule has 1 fully saturated rings. The molecular formula is C12H17FN2O3S. The molecule has 7 heteroatoms. The molecule has 1 aromatic rings. The normalized spacial score (nSPS) is 21.8. The van der Waals surface area contributed by atoms with Crippen LogP contribution in [0, 0.1) is 5.82 Å². The second-order valence-corrected chi connectivity index (χ2v) is 6.70. The first kappa shape index (κ1) is 14.4. The Morgan fingerprint density at radius 3 is 2.53 bits per heavy atom. The van der Waals surface area contributed by atoms with E-state index >= 15 is 0 Å². The number of hydrogen-bond acceptors (Lipinski definition) is 3. The van der Waals surface area contributed by atoms with Crippen LogP contribution in [0.25, 0.3) is 0 Å². The van der Waals surface area contributed by atoms with Crippen molar-refractivity contribution in [2.45, 2.75) is 6.10 Å². The Balaban J connectivity index is 2.16. The molecule has 0 amide bonds. The van der Waals surface area contributed by atoms with E-state index in [2.05, 4.69) is 0 Å². The van der Waals surface area contributed by atoms with Gasteiger partial charge in [0.1, 0.15) is 5.82 Å². The quantitative estimate of drug-likeness (QED) is 0.834. The molecular weight excluding hydrogens is 271 g/mol. The van der Waals surface area contributed by atoms with Gasteiger partial charge in [0.15, 0.2) is 0 Å². The lowest BCUT2D eigenvalue weighted by Gasteiger charge is -2.33. The van der Waals surface area contributed by atoms with Crippen molar-refractivity contribution in [1.29, 1.82) is 0 Å². The van der Waals surface area contributed by atoms with Crippen LogP contribution in [0.5, 0.6) is 0 Å². The summed E-state index contributed by atoms with van der Waals surface area (Å²) in [5.74, 6) is -0.322. The summed E-state index contributed by atoms with van der Waals surface area (Å²) in [6.07, 6.45) is -0.357. The fourth-order valence-corrected chi connectivity index (χ4v) is 3.04. The van der Waals surface area contributed by atoms with Gasteiger partial charge in [-0.05, 0) is 17.7 Å². The number of morpholine rings is 1. The van der Waals surface area contributed by atoms with Crippen molar-refractivity contribution in [3.8, 4) is 0 Å². The molecule has 0 bridgehead atoms. The fourth-order valence-electron chi connectivity index (χ4n) is 1.95. The van der Waals surface area contributed by atoms with Crippen LogP contribution in [0.2, 0.25) is 0 Å². The van der Waals surface area contributed by atoms with Gasteiger partial charge in [-0.2, -0.15) is 17.0 Å². The predicted octanol–water partition coefficient (Wildman–Crippen LogP) is 1.01. The molecule has 0 aliphatic carbocycles. The summed E-state index contributed by atoms with van der Waals surface area (Å²) < 4.78 is 45.1. The maximum Gasteiger partial charge on any atom is 0.281 e. The van der Waals surface area contributed by atoms with Gasteiger partial charge >= 0.3 is 0 Å². The highest BCUT2D eigenvalue weighted by Gasteiger charge is 2.31. The smallest absolute Gasteiger partial charge is 0.281 e. The molecule has 0 saturated carbocycles. The van der Waals surface area contributed by atoms with Crippen molar-refractivity contribution < 1.29 is 17.5 Å². The van der Waals surface area contributed by atoms with Crippen LogP contribution in [0.1, 0.15) is 11.7 Å². The zero-order valence-electron chi connectivity index (χ0n) is 10.9. The summed E-state index contributed by atoms with van der Waals surface area (Å²) in [6.45, 7) is 0.902. The van der Waals surface area contributed by atoms with Crippen molar-refractivity contribution in [3.05, 3.63) is 35.6 Å². The van der Waals surface area contributed by atoms with E-state index in [9.17, 15) is 12.8 Å². The lowest BCUT2D eigenvalue weighted by atomic mass is 10.1. The van der Waals surface area contributed by atoms with E-state index in [4.69, 9.17) is 4.74 Å². The number of rotatable bonds is 3. The van der Waals surface area contributed by atoms with Gasteiger partial charge < -0.3 is 4.74 Å². The molecule has 19 heavy (non-hydrogen) atoms. The minimum absolute atomic E-state index is 0.242. The second kappa shape index (κ2) is 5.54. The SMILES string of the molecule is CN(C)S(=O)(=O)N1CCOC(c2ccc(F)cc2)C1. The Morgan fingerprint density at radius 2 is 1.95 bits per heavy atom. The molecule has 0 radical (unpaired) electrons. The average molecular weight is 288 g/mol. The highest BCUT2D eigenvalue weighted by atomic mass is 32.2. The Labute approximate surface area is 112 Å². The van der Waals surface area contributed by atoms with Crippen molar-refractivity contribution in [1.82, 2.24) is 8.61 Å². The summed E-state index contributed by atoms with van der Waals surface area (Å²) in [5, 5.41) is 0. The molecule has 0 aromatic heterocycles. The Kier molecular flexibility index (Phi) is 4.19. The zero-order chi connectivity index (χ0) is 14.0. The topological polar surface area (TPSA) is 49.9 Å². The minimum atomic E-state index is -3.44. The molecule has 1 aromatic carbocycles. The molecule has 2 rings (SSSR count). The van der Waals surface area contributed by atoms with Crippen molar-refractivity contribution in [2.75, 3.05) is 33.8 Å². The summed E-state index contributed by atoms with van der Waals surface area (Å²) in [7, 11) is -0.441. The molecule has 1 unspecified atom stereocenters. The number of benzene rings is 1. The molecule has 1 aliphatic heterocycles. The number of hydrogen-bond donors (Lipinski definition) is 0. The van der Waals surface area contributed by atoms with Gasteiger partial charge in [0, 0.05) is 27.2 Å². The molecule has 1 saturated heterocycles. The predicted molar refractivity (Wildman–Crippen MR) is 69.3 cm³/mol. The maximum atomic E-state index is 12.9. The third-order valence-electron chi connectivity index (χ3n) is 3.06. The number of halogens is 1. The van der Waals surface area contributed by atoms with Gasteiger partial charge in [0.05, 0.1) is 12.7 Å². The molecule has 0 spiro atoms. The standard InChI is InChI=1S/C12H17FN2O3S/c1-14(2)19(16,17)15-7-8-18-12(9-15)10-3-5-11(13)6-4-10/h3-6,12H,7-9H2,1-2H3. The first-order valence-corrected chi connectivity index (χ1v) is 7.35. The van der Waals surface area contributed by atoms with E-state index in [1.165, 1.54) is 34.8 Å². The first-order chi connectivity index (χ1) is 8.91. The minimum Gasteiger partial charge on any atom is -0.371 e. The zero-order valence-corrected chi connectivity index (χ0v) is 11.7. The number of ether oxygens (including phenoxy) is 1. The Bertz CT molecular complexity index is 530. The van der Waals surface area contributed by atoms with Crippen molar-refractivity contribution in [2.24, 2.45) is 0 Å². The van der Waals surface area contributed by atoms with Crippen LogP contribution in [-0.2, 0) is 14.9 Å². The first-order valence-electron chi connectivity index (χ1n) is 5.96. The molecule has 106 valence electrons. The fraction of sp³-hybridized carbons (Fsp3) is 0.500. The van der Waals surface area contributed by atoms with Gasteiger partial charge in [-0.3, -0.25) is 0 Å². The summed E-state index contributed by atoms with van der Waals surface area (Å²) >= 11 is 0. The van der Waals surface area contributed by atoms with E-state index in [1.54, 1.807) is 12.1 Å². The second-order valence-electron chi connectivity index (χ2n) is 4.56. The monoisotopic (exact) mass is 288 g/mol. The summed E-state index contributed by atoms with van der Waals surface area (Å²) in [6, 6.07) is 5.92. The summed E-state index contributed by atoms with van der Waals surface area (Å²) in [5.41, 5.74) is 0.778. The van der Waals surface area contributed by atoms with Crippen molar-refractivity contribution in [3.63, 3.8) is 0 Å². The van der Waals surface area contributed by atoms with Crippen LogP contribution in [0.15, 0.2) is 24.3 Å². The Morgan fingerprint density at radius 1 is 1.32 bits per heavy atom. The molecule has 5 nitrogen and oxygen atoms in total. The van der Waals surface area contributed by atoms with E-state index in [1.807, 2.05) is 0 Å². The van der Waals surface area contributed by atoms with E-state index in [-0.39, 0.29) is 18.5 Å². The maximum absolute atomic E-state index is 12.9. The van der Waals surface area contributed by atoms with Gasteiger partial charge in [-0.15, -0.1) is 0 Å². The lowest BCUT2D eigenvalue weighted by Crippen LogP contribution is -2.47.